The Morgan fingerprint density at radius 3 is 2.68 bits per heavy atom. The van der Waals surface area contributed by atoms with Crippen molar-refractivity contribution >= 4 is 16.7 Å². The van der Waals surface area contributed by atoms with E-state index >= 15 is 0 Å². The summed E-state index contributed by atoms with van der Waals surface area (Å²) in [5.74, 6) is 1.08. The zero-order valence-electron chi connectivity index (χ0n) is 17.6. The van der Waals surface area contributed by atoms with Crippen molar-refractivity contribution in [3.63, 3.8) is 0 Å². The van der Waals surface area contributed by atoms with Crippen LogP contribution in [0.1, 0.15) is 24.6 Å². The average Bonchev–Trinajstić information content (AvgIpc) is 2.78. The molecule has 1 aromatic heterocycles. The summed E-state index contributed by atoms with van der Waals surface area (Å²) in [5, 5.41) is 8.50. The summed E-state index contributed by atoms with van der Waals surface area (Å²) in [5.41, 5.74) is 1.45. The highest BCUT2D eigenvalue weighted by Gasteiger charge is 2.12. The molecule has 0 amide bonds. The second kappa shape index (κ2) is 11.1. The molecule has 3 aromatic rings. The van der Waals surface area contributed by atoms with Gasteiger partial charge < -0.3 is 20.1 Å². The van der Waals surface area contributed by atoms with Gasteiger partial charge in [-0.25, -0.2) is 0 Å². The van der Waals surface area contributed by atoms with Crippen LogP contribution in [-0.2, 0) is 13.1 Å². The molecule has 2 N–H and O–H groups in total. The number of fused-ring (bicyclic) bond motifs is 1. The third kappa shape index (κ3) is 6.28. The van der Waals surface area contributed by atoms with E-state index in [1.807, 2.05) is 37.3 Å². The van der Waals surface area contributed by atoms with Crippen molar-refractivity contribution in [1.82, 2.24) is 15.6 Å². The Morgan fingerprint density at radius 2 is 1.90 bits per heavy atom. The van der Waals surface area contributed by atoms with Gasteiger partial charge in [-0.1, -0.05) is 31.2 Å². The maximum Gasteiger partial charge on any atom is 0.387 e. The summed E-state index contributed by atoms with van der Waals surface area (Å²) >= 11 is 0. The molecule has 0 fully saturated rings. The molecule has 164 valence electrons. The number of hydrogen-bond acceptors (Lipinski definition) is 4. The lowest BCUT2D eigenvalue weighted by Crippen LogP contribution is -2.36. The molecule has 2 aromatic carbocycles. The van der Waals surface area contributed by atoms with Crippen molar-refractivity contribution in [1.29, 1.82) is 0 Å². The van der Waals surface area contributed by atoms with Gasteiger partial charge in [0.25, 0.3) is 0 Å². The number of ether oxygens (including phenoxy) is 2. The van der Waals surface area contributed by atoms with E-state index in [-0.39, 0.29) is 12.3 Å². The van der Waals surface area contributed by atoms with Gasteiger partial charge in [-0.15, -0.1) is 0 Å². The quantitative estimate of drug-likeness (QED) is 0.388. The maximum absolute atomic E-state index is 12.9. The Hall–Kier alpha value is -3.42. The van der Waals surface area contributed by atoms with E-state index in [1.54, 1.807) is 25.4 Å². The lowest BCUT2D eigenvalue weighted by Gasteiger charge is -2.16. The number of alkyl halides is 2. The summed E-state index contributed by atoms with van der Waals surface area (Å²) in [7, 11) is 1.64. The first kappa shape index (κ1) is 22.3. The minimum Gasteiger partial charge on any atom is -0.493 e. The molecule has 0 atom stereocenters. The molecule has 31 heavy (non-hydrogen) atoms. The highest BCUT2D eigenvalue weighted by Crippen LogP contribution is 2.26. The number of halogens is 2. The SMILES string of the molecule is CCCOc1ccc(CNC(=NC)NCc2nccc3ccccc23)c(OC(F)F)c1. The fourth-order valence-corrected chi connectivity index (χ4v) is 3.09. The number of pyridine rings is 1. The van der Waals surface area contributed by atoms with Gasteiger partial charge in [0.1, 0.15) is 11.5 Å². The molecule has 0 aliphatic rings. The number of guanidine groups is 1. The number of aliphatic imine (C=N–C) groups is 1. The monoisotopic (exact) mass is 428 g/mol. The van der Waals surface area contributed by atoms with E-state index in [1.165, 1.54) is 6.07 Å². The number of benzene rings is 2. The van der Waals surface area contributed by atoms with Crippen LogP contribution < -0.4 is 20.1 Å². The maximum atomic E-state index is 12.9. The second-order valence-electron chi connectivity index (χ2n) is 6.75. The molecule has 0 bridgehead atoms. The smallest absolute Gasteiger partial charge is 0.387 e. The van der Waals surface area contributed by atoms with Crippen LogP contribution >= 0.6 is 0 Å². The van der Waals surface area contributed by atoms with Crippen molar-refractivity contribution in [3.05, 3.63) is 66.0 Å². The predicted octanol–water partition coefficient (Wildman–Crippen LogP) is 4.49. The van der Waals surface area contributed by atoms with Crippen LogP contribution in [0.3, 0.4) is 0 Å². The van der Waals surface area contributed by atoms with E-state index in [0.29, 0.717) is 30.4 Å². The predicted molar refractivity (Wildman–Crippen MR) is 118 cm³/mol. The Bertz CT molecular complexity index is 1020. The number of nitrogens with one attached hydrogen (secondary N) is 2. The Balaban J connectivity index is 1.65. The summed E-state index contributed by atoms with van der Waals surface area (Å²) in [6.07, 6.45) is 2.59. The molecule has 3 rings (SSSR count). The second-order valence-corrected chi connectivity index (χ2v) is 6.75. The highest BCUT2D eigenvalue weighted by atomic mass is 19.3. The van der Waals surface area contributed by atoms with Crippen LogP contribution in [0.4, 0.5) is 8.78 Å². The summed E-state index contributed by atoms with van der Waals surface area (Å²) < 4.78 is 35.9. The van der Waals surface area contributed by atoms with Crippen LogP contribution in [0.15, 0.2) is 59.7 Å². The van der Waals surface area contributed by atoms with Crippen LogP contribution in [0.2, 0.25) is 0 Å². The third-order valence-electron chi connectivity index (χ3n) is 4.58. The summed E-state index contributed by atoms with van der Waals surface area (Å²) in [4.78, 5) is 8.65. The normalized spacial score (nSPS) is 11.6. The van der Waals surface area contributed by atoms with Gasteiger partial charge in [0, 0.05) is 36.8 Å². The molecule has 6 nitrogen and oxygen atoms in total. The third-order valence-corrected chi connectivity index (χ3v) is 4.58. The Labute approximate surface area is 180 Å². The summed E-state index contributed by atoms with van der Waals surface area (Å²) in [6, 6.07) is 14.9. The van der Waals surface area contributed by atoms with E-state index in [2.05, 4.69) is 25.3 Å². The molecule has 0 spiro atoms. The first-order chi connectivity index (χ1) is 15.1. The van der Waals surface area contributed by atoms with Crippen molar-refractivity contribution in [2.45, 2.75) is 33.0 Å². The van der Waals surface area contributed by atoms with Crippen molar-refractivity contribution in [2.75, 3.05) is 13.7 Å². The highest BCUT2D eigenvalue weighted by molar-refractivity contribution is 5.85. The van der Waals surface area contributed by atoms with E-state index in [4.69, 9.17) is 4.74 Å². The standard InChI is InChI=1S/C23H26F2N4O2/c1-3-12-30-18-9-8-17(21(13-18)31-22(24)25)14-28-23(26-2)29-15-20-19-7-5-4-6-16(19)10-11-27-20/h4-11,13,22H,3,12,14-15H2,1-2H3,(H2,26,28,29). The van der Waals surface area contributed by atoms with Gasteiger partial charge >= 0.3 is 6.61 Å². The van der Waals surface area contributed by atoms with Gasteiger partial charge in [-0.05, 0) is 30.0 Å². The molecule has 1 heterocycles. The molecule has 0 radical (unpaired) electrons. The number of aromatic nitrogens is 1. The zero-order chi connectivity index (χ0) is 22.1. The lowest BCUT2D eigenvalue weighted by molar-refractivity contribution is -0.0505. The van der Waals surface area contributed by atoms with Crippen molar-refractivity contribution in [2.24, 2.45) is 4.99 Å². The molecule has 8 heteroatoms. The van der Waals surface area contributed by atoms with Crippen LogP contribution in [0.25, 0.3) is 10.8 Å². The van der Waals surface area contributed by atoms with Crippen molar-refractivity contribution in [3.8, 4) is 11.5 Å². The number of hydrogen-bond donors (Lipinski definition) is 2. The first-order valence-corrected chi connectivity index (χ1v) is 10.1. The Morgan fingerprint density at radius 1 is 1.10 bits per heavy atom. The van der Waals surface area contributed by atoms with E-state index < -0.39 is 6.61 Å². The van der Waals surface area contributed by atoms with E-state index in [0.717, 1.165) is 22.9 Å². The average molecular weight is 428 g/mol. The molecule has 0 aliphatic carbocycles. The van der Waals surface area contributed by atoms with Crippen LogP contribution in [0, 0.1) is 0 Å². The van der Waals surface area contributed by atoms with Gasteiger partial charge in [-0.3, -0.25) is 9.98 Å². The molecule has 0 saturated heterocycles. The molecule has 0 unspecified atom stereocenters. The zero-order valence-corrected chi connectivity index (χ0v) is 17.6. The van der Waals surface area contributed by atoms with Crippen LogP contribution in [0.5, 0.6) is 11.5 Å². The fraction of sp³-hybridized carbons (Fsp3) is 0.304. The van der Waals surface area contributed by atoms with Crippen LogP contribution in [-0.4, -0.2) is 31.2 Å². The molecular weight excluding hydrogens is 402 g/mol. The minimum absolute atomic E-state index is 0.0716. The van der Waals surface area contributed by atoms with E-state index in [9.17, 15) is 8.78 Å². The van der Waals surface area contributed by atoms with Gasteiger partial charge in [0.15, 0.2) is 5.96 Å². The number of nitrogens with zero attached hydrogens (tertiary/aromatic N) is 2. The van der Waals surface area contributed by atoms with Gasteiger partial charge in [0.2, 0.25) is 0 Å². The van der Waals surface area contributed by atoms with Gasteiger partial charge in [0.05, 0.1) is 18.8 Å². The molecule has 0 aliphatic heterocycles. The van der Waals surface area contributed by atoms with Gasteiger partial charge in [-0.2, -0.15) is 8.78 Å². The first-order valence-electron chi connectivity index (χ1n) is 10.1. The lowest BCUT2D eigenvalue weighted by atomic mass is 10.1. The molecule has 0 saturated carbocycles. The molecular formula is C23H26F2N4O2. The topological polar surface area (TPSA) is 67.8 Å². The fourth-order valence-electron chi connectivity index (χ4n) is 3.09. The Kier molecular flexibility index (Phi) is 7.98. The summed E-state index contributed by atoms with van der Waals surface area (Å²) in [6.45, 7) is 0.269. The number of rotatable bonds is 9. The van der Waals surface area contributed by atoms with Crippen molar-refractivity contribution < 1.29 is 18.3 Å². The largest absolute Gasteiger partial charge is 0.493 e. The minimum atomic E-state index is -2.92.